The first kappa shape index (κ1) is 13.3. The third-order valence-electron chi connectivity index (χ3n) is 4.33. The van der Waals surface area contributed by atoms with Crippen LogP contribution in [-0.4, -0.2) is 28.2 Å². The fourth-order valence-electron chi connectivity index (χ4n) is 3.37. The third kappa shape index (κ3) is 2.60. The van der Waals surface area contributed by atoms with Crippen molar-refractivity contribution >= 4 is 11.5 Å². The monoisotopic (exact) mass is 277 g/mol. The molecule has 1 aliphatic heterocycles. The lowest BCUT2D eigenvalue weighted by Crippen LogP contribution is -2.42. The first-order chi connectivity index (χ1) is 9.69. The lowest BCUT2D eigenvalue weighted by molar-refractivity contribution is -0.384. The van der Waals surface area contributed by atoms with Crippen LogP contribution in [0.25, 0.3) is 0 Å². The summed E-state index contributed by atoms with van der Waals surface area (Å²) in [5.74, 6) is 0.373. The molecular formula is C14H19N3O3. The second-order valence-electron chi connectivity index (χ2n) is 5.70. The van der Waals surface area contributed by atoms with Gasteiger partial charge in [-0.05, 0) is 31.7 Å². The molecule has 1 N–H and O–H groups in total. The Morgan fingerprint density at radius 3 is 3.00 bits per heavy atom. The summed E-state index contributed by atoms with van der Waals surface area (Å²) in [7, 11) is 0. The molecule has 108 valence electrons. The topological polar surface area (TPSA) is 77.3 Å². The number of nitrogens with one attached hydrogen (secondary N) is 1. The van der Waals surface area contributed by atoms with E-state index < -0.39 is 0 Å². The van der Waals surface area contributed by atoms with E-state index in [-0.39, 0.29) is 22.3 Å². The molecule has 1 aromatic heterocycles. The Labute approximate surface area is 117 Å². The van der Waals surface area contributed by atoms with E-state index in [9.17, 15) is 10.1 Å². The standard InChI is InChI=1S/C14H19N3O3/c18-17(19)12-4-3-8-15-13(12)16-11-5-9-20-14(10-11)6-1-2-7-14/h3-4,8,11H,1-2,5-7,9-10H2,(H,15,16). The molecule has 20 heavy (non-hydrogen) atoms. The van der Waals surface area contributed by atoms with Gasteiger partial charge in [-0.2, -0.15) is 0 Å². The summed E-state index contributed by atoms with van der Waals surface area (Å²) in [5, 5.41) is 14.3. The van der Waals surface area contributed by atoms with Crippen LogP contribution in [0.3, 0.4) is 0 Å². The number of hydrogen-bond donors (Lipinski definition) is 1. The zero-order valence-electron chi connectivity index (χ0n) is 11.4. The molecule has 0 radical (unpaired) electrons. The Morgan fingerprint density at radius 2 is 2.25 bits per heavy atom. The predicted molar refractivity (Wildman–Crippen MR) is 74.7 cm³/mol. The molecule has 0 amide bonds. The Bertz CT molecular complexity index is 500. The first-order valence-corrected chi connectivity index (χ1v) is 7.18. The maximum Gasteiger partial charge on any atom is 0.311 e. The Balaban J connectivity index is 1.73. The molecule has 3 rings (SSSR count). The van der Waals surface area contributed by atoms with Crippen LogP contribution < -0.4 is 5.32 Å². The summed E-state index contributed by atoms with van der Waals surface area (Å²) in [5.41, 5.74) is 0.0407. The molecular weight excluding hydrogens is 258 g/mol. The maximum absolute atomic E-state index is 11.0. The van der Waals surface area contributed by atoms with E-state index in [2.05, 4.69) is 10.3 Å². The van der Waals surface area contributed by atoms with Crippen molar-refractivity contribution in [3.05, 3.63) is 28.4 Å². The average Bonchev–Trinajstić information content (AvgIpc) is 2.87. The van der Waals surface area contributed by atoms with Crippen LogP contribution in [0.15, 0.2) is 18.3 Å². The van der Waals surface area contributed by atoms with Gasteiger partial charge in [0.05, 0.1) is 10.5 Å². The second-order valence-corrected chi connectivity index (χ2v) is 5.70. The van der Waals surface area contributed by atoms with Crippen LogP contribution in [0, 0.1) is 10.1 Å². The number of hydrogen-bond acceptors (Lipinski definition) is 5. The number of pyridine rings is 1. The number of aromatic nitrogens is 1. The first-order valence-electron chi connectivity index (χ1n) is 7.18. The number of nitro groups is 1. The van der Waals surface area contributed by atoms with Crippen LogP contribution in [0.4, 0.5) is 11.5 Å². The van der Waals surface area contributed by atoms with Crippen LogP contribution in [0.1, 0.15) is 38.5 Å². The Kier molecular flexibility index (Phi) is 3.56. The number of ether oxygens (including phenoxy) is 1. The van der Waals surface area contributed by atoms with Gasteiger partial charge in [-0.3, -0.25) is 10.1 Å². The van der Waals surface area contributed by atoms with Crippen molar-refractivity contribution in [2.45, 2.75) is 50.2 Å². The van der Waals surface area contributed by atoms with Gasteiger partial charge in [0.25, 0.3) is 0 Å². The van der Waals surface area contributed by atoms with Gasteiger partial charge in [0.2, 0.25) is 5.82 Å². The minimum Gasteiger partial charge on any atom is -0.375 e. The Morgan fingerprint density at radius 1 is 1.45 bits per heavy atom. The fraction of sp³-hybridized carbons (Fsp3) is 0.643. The van der Waals surface area contributed by atoms with E-state index in [0.717, 1.165) is 32.3 Å². The zero-order valence-corrected chi connectivity index (χ0v) is 11.4. The fourth-order valence-corrected chi connectivity index (χ4v) is 3.37. The smallest absolute Gasteiger partial charge is 0.311 e. The number of rotatable bonds is 3. The van der Waals surface area contributed by atoms with Gasteiger partial charge in [-0.15, -0.1) is 0 Å². The number of anilines is 1. The van der Waals surface area contributed by atoms with Gasteiger partial charge in [-0.1, -0.05) is 12.8 Å². The molecule has 1 unspecified atom stereocenters. The lowest BCUT2D eigenvalue weighted by atomic mass is 9.89. The minimum atomic E-state index is -0.389. The molecule has 1 saturated carbocycles. The van der Waals surface area contributed by atoms with E-state index in [1.165, 1.54) is 18.9 Å². The minimum absolute atomic E-state index is 0.000519. The average molecular weight is 277 g/mol. The summed E-state index contributed by atoms with van der Waals surface area (Å²) in [6, 6.07) is 3.28. The van der Waals surface area contributed by atoms with Crippen molar-refractivity contribution in [1.82, 2.24) is 4.98 Å². The normalized spacial score (nSPS) is 24.7. The molecule has 6 heteroatoms. The van der Waals surface area contributed by atoms with Gasteiger partial charge < -0.3 is 10.1 Å². The van der Waals surface area contributed by atoms with E-state index in [0.29, 0.717) is 5.82 Å². The van der Waals surface area contributed by atoms with E-state index in [1.54, 1.807) is 12.3 Å². The van der Waals surface area contributed by atoms with E-state index >= 15 is 0 Å². The maximum atomic E-state index is 11.0. The molecule has 2 heterocycles. The van der Waals surface area contributed by atoms with Crippen LogP contribution in [0.2, 0.25) is 0 Å². The van der Waals surface area contributed by atoms with Gasteiger partial charge in [0, 0.05) is 24.9 Å². The molecule has 6 nitrogen and oxygen atoms in total. The predicted octanol–water partition coefficient (Wildman–Crippen LogP) is 2.89. The summed E-state index contributed by atoms with van der Waals surface area (Å²) in [6.45, 7) is 0.721. The molecule has 1 spiro atoms. The van der Waals surface area contributed by atoms with Gasteiger partial charge in [-0.25, -0.2) is 4.98 Å². The van der Waals surface area contributed by atoms with Gasteiger partial charge in [0.1, 0.15) is 0 Å². The summed E-state index contributed by atoms with van der Waals surface area (Å²) >= 11 is 0. The van der Waals surface area contributed by atoms with Crippen LogP contribution >= 0.6 is 0 Å². The molecule has 2 aliphatic rings. The highest BCUT2D eigenvalue weighted by Gasteiger charge is 2.40. The molecule has 0 bridgehead atoms. The van der Waals surface area contributed by atoms with Gasteiger partial charge in [0.15, 0.2) is 0 Å². The van der Waals surface area contributed by atoms with E-state index in [4.69, 9.17) is 4.74 Å². The molecule has 0 aromatic carbocycles. The zero-order chi connectivity index (χ0) is 14.0. The van der Waals surface area contributed by atoms with Crippen molar-refractivity contribution < 1.29 is 9.66 Å². The molecule has 1 atom stereocenters. The summed E-state index contributed by atoms with van der Waals surface area (Å²) in [4.78, 5) is 14.7. The summed E-state index contributed by atoms with van der Waals surface area (Å²) in [6.07, 6.45) is 8.02. The lowest BCUT2D eigenvalue weighted by Gasteiger charge is -2.38. The number of nitrogens with zero attached hydrogens (tertiary/aromatic N) is 2. The van der Waals surface area contributed by atoms with E-state index in [1.807, 2.05) is 0 Å². The highest BCUT2D eigenvalue weighted by molar-refractivity contribution is 5.55. The van der Waals surface area contributed by atoms with Crippen LogP contribution in [-0.2, 0) is 4.74 Å². The molecule has 2 fully saturated rings. The van der Waals surface area contributed by atoms with Crippen molar-refractivity contribution in [1.29, 1.82) is 0 Å². The largest absolute Gasteiger partial charge is 0.375 e. The summed E-state index contributed by atoms with van der Waals surface area (Å²) < 4.78 is 5.98. The van der Waals surface area contributed by atoms with Crippen LogP contribution in [0.5, 0.6) is 0 Å². The quantitative estimate of drug-likeness (QED) is 0.679. The second kappa shape index (κ2) is 5.36. The Hall–Kier alpha value is -1.69. The van der Waals surface area contributed by atoms with Crippen molar-refractivity contribution in [2.75, 3.05) is 11.9 Å². The molecule has 1 aliphatic carbocycles. The third-order valence-corrected chi connectivity index (χ3v) is 4.33. The highest BCUT2D eigenvalue weighted by Crippen LogP contribution is 2.40. The van der Waals surface area contributed by atoms with Crippen molar-refractivity contribution in [2.24, 2.45) is 0 Å². The SMILES string of the molecule is O=[N+]([O-])c1cccnc1NC1CCOC2(CCCC2)C1. The molecule has 1 aromatic rings. The van der Waals surface area contributed by atoms with Gasteiger partial charge >= 0.3 is 5.69 Å². The molecule has 1 saturated heterocycles. The highest BCUT2D eigenvalue weighted by atomic mass is 16.6. The van der Waals surface area contributed by atoms with Crippen molar-refractivity contribution in [3.8, 4) is 0 Å². The van der Waals surface area contributed by atoms with Crippen molar-refractivity contribution in [3.63, 3.8) is 0 Å².